The van der Waals surface area contributed by atoms with Crippen LogP contribution in [-0.2, 0) is 18.4 Å². The fraction of sp³-hybridized carbons (Fsp3) is 0.727. The van der Waals surface area contributed by atoms with Gasteiger partial charge in [0, 0.05) is 32.6 Å². The Morgan fingerprint density at radius 2 is 2.35 bits per heavy atom. The van der Waals surface area contributed by atoms with Gasteiger partial charge in [-0.2, -0.15) is 0 Å². The third-order valence-electron chi connectivity index (χ3n) is 2.66. The molecule has 96 valence electrons. The zero-order valence-corrected chi connectivity index (χ0v) is 10.7. The molecule has 1 aromatic heterocycles. The molecule has 0 aliphatic heterocycles. The lowest BCUT2D eigenvalue weighted by atomic mass is 10.2. The number of carbonyl (C=O) groups excluding carboxylic acids is 1. The number of amides is 1. The van der Waals surface area contributed by atoms with E-state index in [2.05, 4.69) is 27.9 Å². The van der Waals surface area contributed by atoms with Crippen molar-refractivity contribution in [2.75, 3.05) is 6.54 Å². The topological polar surface area (TPSA) is 71.8 Å². The van der Waals surface area contributed by atoms with Gasteiger partial charge in [0.05, 0.1) is 11.9 Å². The molecule has 1 atom stereocenters. The third kappa shape index (κ3) is 4.95. The van der Waals surface area contributed by atoms with E-state index in [0.29, 0.717) is 19.5 Å². The maximum atomic E-state index is 11.5. The van der Waals surface area contributed by atoms with Crippen LogP contribution < -0.4 is 10.6 Å². The van der Waals surface area contributed by atoms with Crippen molar-refractivity contribution < 1.29 is 4.79 Å². The molecular weight excluding hydrogens is 218 g/mol. The van der Waals surface area contributed by atoms with E-state index >= 15 is 0 Å². The largest absolute Gasteiger partial charge is 0.354 e. The van der Waals surface area contributed by atoms with Gasteiger partial charge in [0.25, 0.3) is 0 Å². The zero-order chi connectivity index (χ0) is 12.7. The lowest BCUT2D eigenvalue weighted by Crippen LogP contribution is -2.34. The molecule has 1 rings (SSSR count). The number of nitrogens with zero attached hydrogens (tertiary/aromatic N) is 3. The molecule has 1 heterocycles. The Kier molecular flexibility index (Phi) is 5.62. The maximum absolute atomic E-state index is 11.5. The first-order valence-electron chi connectivity index (χ1n) is 5.97. The van der Waals surface area contributed by atoms with Crippen LogP contribution in [0.4, 0.5) is 0 Å². The highest BCUT2D eigenvalue weighted by molar-refractivity contribution is 5.76. The van der Waals surface area contributed by atoms with E-state index in [9.17, 15) is 4.79 Å². The standard InChI is InChI=1S/C11H21N5O/c1-4-9(2)14-11(17)5-6-12-7-10-8-13-15-16(10)3/h8-9,12H,4-7H2,1-3H3,(H,14,17). The SMILES string of the molecule is CCC(C)NC(=O)CCNCc1cnnn1C. The van der Waals surface area contributed by atoms with Crippen LogP contribution in [0, 0.1) is 0 Å². The number of rotatable bonds is 7. The van der Waals surface area contributed by atoms with Gasteiger partial charge in [-0.1, -0.05) is 12.1 Å². The molecule has 1 unspecified atom stereocenters. The summed E-state index contributed by atoms with van der Waals surface area (Å²) < 4.78 is 1.71. The van der Waals surface area contributed by atoms with E-state index in [1.54, 1.807) is 10.9 Å². The first kappa shape index (κ1) is 13.6. The van der Waals surface area contributed by atoms with Gasteiger partial charge in [0.15, 0.2) is 0 Å². The van der Waals surface area contributed by atoms with Crippen LogP contribution in [-0.4, -0.2) is 33.5 Å². The smallest absolute Gasteiger partial charge is 0.221 e. The van der Waals surface area contributed by atoms with Crippen LogP contribution in [0.25, 0.3) is 0 Å². The fourth-order valence-electron chi connectivity index (χ4n) is 1.34. The van der Waals surface area contributed by atoms with Crippen molar-refractivity contribution in [2.45, 2.75) is 39.3 Å². The summed E-state index contributed by atoms with van der Waals surface area (Å²) in [4.78, 5) is 11.5. The molecule has 0 aromatic carbocycles. The molecule has 0 fully saturated rings. The first-order valence-corrected chi connectivity index (χ1v) is 5.97. The van der Waals surface area contributed by atoms with E-state index in [4.69, 9.17) is 0 Å². The quantitative estimate of drug-likeness (QED) is 0.667. The van der Waals surface area contributed by atoms with Crippen LogP contribution in [0.5, 0.6) is 0 Å². The van der Waals surface area contributed by atoms with E-state index in [-0.39, 0.29) is 11.9 Å². The predicted octanol–water partition coefficient (Wildman–Crippen LogP) is 0.210. The van der Waals surface area contributed by atoms with Crippen molar-refractivity contribution >= 4 is 5.91 Å². The minimum Gasteiger partial charge on any atom is -0.354 e. The predicted molar refractivity (Wildman–Crippen MR) is 65.2 cm³/mol. The Bertz CT molecular complexity index is 349. The van der Waals surface area contributed by atoms with Crippen LogP contribution in [0.2, 0.25) is 0 Å². The van der Waals surface area contributed by atoms with Crippen molar-refractivity contribution in [2.24, 2.45) is 7.05 Å². The summed E-state index contributed by atoms with van der Waals surface area (Å²) in [6.07, 6.45) is 3.17. The maximum Gasteiger partial charge on any atom is 0.221 e. The monoisotopic (exact) mass is 239 g/mol. The van der Waals surface area contributed by atoms with Gasteiger partial charge in [0.1, 0.15) is 0 Å². The summed E-state index contributed by atoms with van der Waals surface area (Å²) in [5, 5.41) is 13.7. The summed E-state index contributed by atoms with van der Waals surface area (Å²) in [6, 6.07) is 0.253. The van der Waals surface area contributed by atoms with Crippen molar-refractivity contribution in [1.82, 2.24) is 25.6 Å². The third-order valence-corrected chi connectivity index (χ3v) is 2.66. The molecule has 0 bridgehead atoms. The van der Waals surface area contributed by atoms with Gasteiger partial charge in [-0.3, -0.25) is 9.48 Å². The van der Waals surface area contributed by atoms with Crippen molar-refractivity contribution in [1.29, 1.82) is 0 Å². The minimum absolute atomic E-state index is 0.0926. The van der Waals surface area contributed by atoms with Gasteiger partial charge in [-0.25, -0.2) is 0 Å². The van der Waals surface area contributed by atoms with Gasteiger partial charge in [-0.05, 0) is 13.3 Å². The number of hydrogen-bond acceptors (Lipinski definition) is 4. The average molecular weight is 239 g/mol. The Balaban J connectivity index is 2.12. The van der Waals surface area contributed by atoms with E-state index in [0.717, 1.165) is 12.1 Å². The summed E-state index contributed by atoms with van der Waals surface area (Å²) in [6.45, 7) is 5.40. The van der Waals surface area contributed by atoms with Crippen LogP contribution in [0.3, 0.4) is 0 Å². The molecule has 0 aliphatic rings. The molecule has 6 heteroatoms. The Morgan fingerprint density at radius 3 is 2.94 bits per heavy atom. The van der Waals surface area contributed by atoms with Gasteiger partial charge in [-0.15, -0.1) is 5.10 Å². The highest BCUT2D eigenvalue weighted by Crippen LogP contribution is 1.93. The molecule has 0 saturated heterocycles. The summed E-state index contributed by atoms with van der Waals surface area (Å²) in [5.41, 5.74) is 1.01. The van der Waals surface area contributed by atoms with Crippen molar-refractivity contribution in [3.8, 4) is 0 Å². The molecule has 0 saturated carbocycles. The number of hydrogen-bond donors (Lipinski definition) is 2. The lowest BCUT2D eigenvalue weighted by Gasteiger charge is -2.11. The minimum atomic E-state index is 0.0926. The highest BCUT2D eigenvalue weighted by atomic mass is 16.1. The second kappa shape index (κ2) is 7.01. The normalized spacial score (nSPS) is 12.4. The van der Waals surface area contributed by atoms with Gasteiger partial charge >= 0.3 is 0 Å². The molecular formula is C11H21N5O. The Hall–Kier alpha value is -1.43. The van der Waals surface area contributed by atoms with E-state index in [1.165, 1.54) is 0 Å². The number of aromatic nitrogens is 3. The molecule has 2 N–H and O–H groups in total. The molecule has 1 aromatic rings. The second-order valence-electron chi connectivity index (χ2n) is 4.15. The second-order valence-corrected chi connectivity index (χ2v) is 4.15. The average Bonchev–Trinajstić information content (AvgIpc) is 2.70. The van der Waals surface area contributed by atoms with Crippen molar-refractivity contribution in [3.63, 3.8) is 0 Å². The number of nitrogens with one attached hydrogen (secondary N) is 2. The van der Waals surface area contributed by atoms with Crippen LogP contribution in [0.15, 0.2) is 6.20 Å². The van der Waals surface area contributed by atoms with E-state index < -0.39 is 0 Å². The fourth-order valence-corrected chi connectivity index (χ4v) is 1.34. The zero-order valence-electron chi connectivity index (χ0n) is 10.7. The molecule has 6 nitrogen and oxygen atoms in total. The van der Waals surface area contributed by atoms with Gasteiger partial charge < -0.3 is 10.6 Å². The van der Waals surface area contributed by atoms with Crippen molar-refractivity contribution in [3.05, 3.63) is 11.9 Å². The van der Waals surface area contributed by atoms with E-state index in [1.807, 2.05) is 14.0 Å². The molecule has 0 spiro atoms. The Morgan fingerprint density at radius 1 is 1.59 bits per heavy atom. The molecule has 0 aliphatic carbocycles. The Labute approximate surface area is 102 Å². The number of carbonyl (C=O) groups is 1. The molecule has 17 heavy (non-hydrogen) atoms. The lowest BCUT2D eigenvalue weighted by molar-refractivity contribution is -0.121. The highest BCUT2D eigenvalue weighted by Gasteiger charge is 2.05. The summed E-state index contributed by atoms with van der Waals surface area (Å²) in [5.74, 6) is 0.0926. The molecule has 1 amide bonds. The van der Waals surface area contributed by atoms with Crippen LogP contribution >= 0.6 is 0 Å². The molecule has 0 radical (unpaired) electrons. The first-order chi connectivity index (χ1) is 8.13. The summed E-state index contributed by atoms with van der Waals surface area (Å²) >= 11 is 0. The summed E-state index contributed by atoms with van der Waals surface area (Å²) in [7, 11) is 1.85. The number of aryl methyl sites for hydroxylation is 1. The van der Waals surface area contributed by atoms with Crippen LogP contribution in [0.1, 0.15) is 32.4 Å². The van der Waals surface area contributed by atoms with Gasteiger partial charge in [0.2, 0.25) is 5.91 Å².